The summed E-state index contributed by atoms with van der Waals surface area (Å²) < 4.78 is 47.6. The molecule has 6 rings (SSSR count). The van der Waals surface area contributed by atoms with E-state index in [0.29, 0.717) is 42.2 Å². The van der Waals surface area contributed by atoms with Crippen LogP contribution in [0.2, 0.25) is 0 Å². The molecule has 0 N–H and O–H groups in total. The third-order valence-corrected chi connectivity index (χ3v) is 8.10. The molecule has 0 atom stereocenters. The highest BCUT2D eigenvalue weighted by atomic mass is 19.4. The zero-order valence-electron chi connectivity index (χ0n) is 22.3. The Balaban J connectivity index is 1.35. The Labute approximate surface area is 231 Å². The van der Waals surface area contributed by atoms with Crippen molar-refractivity contribution in [3.05, 3.63) is 78.1 Å². The summed E-state index contributed by atoms with van der Waals surface area (Å²) in [6, 6.07) is 16.8. The number of hydrogen-bond acceptors (Lipinski definition) is 4. The van der Waals surface area contributed by atoms with E-state index in [0.717, 1.165) is 55.4 Å². The van der Waals surface area contributed by atoms with Crippen molar-refractivity contribution >= 4 is 11.6 Å². The molecule has 2 aromatic heterocycles. The Bertz CT molecular complexity index is 1540. The number of hydrogen-bond donors (Lipinski definition) is 0. The maximum absolute atomic E-state index is 13.4. The highest BCUT2D eigenvalue weighted by Gasteiger charge is 2.32. The lowest BCUT2D eigenvalue weighted by atomic mass is 9.84. The molecule has 208 valence electrons. The Morgan fingerprint density at radius 1 is 0.950 bits per heavy atom. The van der Waals surface area contributed by atoms with Gasteiger partial charge in [0, 0.05) is 50.4 Å². The van der Waals surface area contributed by atoms with Gasteiger partial charge in [-0.25, -0.2) is 4.98 Å². The van der Waals surface area contributed by atoms with Crippen molar-refractivity contribution in [1.29, 1.82) is 0 Å². The van der Waals surface area contributed by atoms with Crippen LogP contribution < -0.4 is 4.74 Å². The van der Waals surface area contributed by atoms with E-state index in [2.05, 4.69) is 4.90 Å². The summed E-state index contributed by atoms with van der Waals surface area (Å²) in [7, 11) is 1.62. The van der Waals surface area contributed by atoms with Crippen LogP contribution in [0.1, 0.15) is 30.5 Å². The minimum atomic E-state index is -4.41. The molecule has 2 fully saturated rings. The first-order valence-corrected chi connectivity index (χ1v) is 13.6. The molecule has 1 amide bonds. The molecule has 9 heteroatoms. The molecule has 1 saturated heterocycles. The number of pyridine rings is 1. The highest BCUT2D eigenvalue weighted by molar-refractivity contribution is 5.79. The van der Waals surface area contributed by atoms with E-state index in [1.165, 1.54) is 12.1 Å². The van der Waals surface area contributed by atoms with E-state index >= 15 is 0 Å². The molecule has 0 radical (unpaired) electrons. The van der Waals surface area contributed by atoms with E-state index in [-0.39, 0.29) is 11.8 Å². The Kier molecular flexibility index (Phi) is 7.00. The molecule has 0 bridgehead atoms. The van der Waals surface area contributed by atoms with Crippen molar-refractivity contribution in [2.75, 3.05) is 33.3 Å². The maximum Gasteiger partial charge on any atom is 0.416 e. The highest BCUT2D eigenvalue weighted by Crippen LogP contribution is 2.34. The Morgan fingerprint density at radius 3 is 2.40 bits per heavy atom. The largest absolute Gasteiger partial charge is 0.497 e. The molecule has 4 aromatic rings. The minimum Gasteiger partial charge on any atom is -0.497 e. The summed E-state index contributed by atoms with van der Waals surface area (Å²) in [5.74, 6) is 1.19. The molecule has 0 spiro atoms. The van der Waals surface area contributed by atoms with Crippen molar-refractivity contribution in [2.45, 2.75) is 32.0 Å². The number of benzene rings is 2. The van der Waals surface area contributed by atoms with Gasteiger partial charge in [0.25, 0.3) is 0 Å². The fourth-order valence-electron chi connectivity index (χ4n) is 5.54. The second-order valence-electron chi connectivity index (χ2n) is 10.6. The van der Waals surface area contributed by atoms with Crippen molar-refractivity contribution in [2.24, 2.45) is 5.92 Å². The van der Waals surface area contributed by atoms with Gasteiger partial charge in [0.05, 0.1) is 24.1 Å². The van der Waals surface area contributed by atoms with E-state index in [1.54, 1.807) is 13.2 Å². The lowest BCUT2D eigenvalue weighted by molar-refractivity contribution is -0.140. The lowest BCUT2D eigenvalue weighted by Crippen LogP contribution is -2.50. The summed E-state index contributed by atoms with van der Waals surface area (Å²) in [4.78, 5) is 22.0. The second-order valence-corrected chi connectivity index (χ2v) is 10.6. The Hall–Kier alpha value is -3.85. The number of piperazine rings is 1. The average Bonchev–Trinajstić information content (AvgIpc) is 3.29. The molecule has 1 saturated carbocycles. The van der Waals surface area contributed by atoms with Gasteiger partial charge in [-0.05, 0) is 60.4 Å². The molecular formula is C31H31F3N4O2. The van der Waals surface area contributed by atoms with Crippen molar-refractivity contribution < 1.29 is 22.7 Å². The average molecular weight is 549 g/mol. The van der Waals surface area contributed by atoms with Gasteiger partial charge in [0.2, 0.25) is 5.91 Å². The van der Waals surface area contributed by atoms with Gasteiger partial charge in [0.1, 0.15) is 11.4 Å². The fourth-order valence-corrected chi connectivity index (χ4v) is 5.54. The first-order valence-electron chi connectivity index (χ1n) is 13.6. The van der Waals surface area contributed by atoms with Crippen LogP contribution in [0.15, 0.2) is 66.9 Å². The van der Waals surface area contributed by atoms with Crippen LogP contribution in [0.4, 0.5) is 13.2 Å². The smallest absolute Gasteiger partial charge is 0.416 e. The number of carbonyl (C=O) groups is 1. The fraction of sp³-hybridized carbons (Fsp3) is 0.355. The van der Waals surface area contributed by atoms with E-state index in [4.69, 9.17) is 9.72 Å². The molecular weight excluding hydrogens is 517 g/mol. The summed E-state index contributed by atoms with van der Waals surface area (Å²) in [5, 5.41) is 0. The van der Waals surface area contributed by atoms with Gasteiger partial charge in [0.15, 0.2) is 0 Å². The van der Waals surface area contributed by atoms with Gasteiger partial charge in [-0.3, -0.25) is 9.69 Å². The summed E-state index contributed by atoms with van der Waals surface area (Å²) in [6.45, 7) is 3.46. The zero-order chi connectivity index (χ0) is 27.9. The third kappa shape index (κ3) is 5.18. The number of imidazole rings is 1. The van der Waals surface area contributed by atoms with E-state index < -0.39 is 11.7 Å². The number of fused-ring (bicyclic) bond motifs is 1. The Morgan fingerprint density at radius 2 is 1.70 bits per heavy atom. The molecule has 2 aromatic carbocycles. The molecule has 6 nitrogen and oxygen atoms in total. The van der Waals surface area contributed by atoms with E-state index in [9.17, 15) is 18.0 Å². The van der Waals surface area contributed by atoms with Crippen LogP contribution in [-0.2, 0) is 17.5 Å². The molecule has 0 unspecified atom stereocenters. The summed E-state index contributed by atoms with van der Waals surface area (Å²) in [5.41, 5.74) is 3.83. The number of halogens is 3. The summed E-state index contributed by atoms with van der Waals surface area (Å²) >= 11 is 0. The number of amides is 1. The van der Waals surface area contributed by atoms with Crippen LogP contribution >= 0.6 is 0 Å². The number of rotatable bonds is 6. The number of carbonyl (C=O) groups excluding carboxylic acids is 1. The van der Waals surface area contributed by atoms with Crippen molar-refractivity contribution in [3.8, 4) is 28.1 Å². The predicted octanol–water partition coefficient (Wildman–Crippen LogP) is 6.14. The molecule has 1 aliphatic carbocycles. The van der Waals surface area contributed by atoms with Crippen molar-refractivity contribution in [1.82, 2.24) is 19.2 Å². The number of nitrogens with zero attached hydrogens (tertiary/aromatic N) is 4. The van der Waals surface area contributed by atoms with Gasteiger partial charge in [-0.2, -0.15) is 13.2 Å². The van der Waals surface area contributed by atoms with Crippen LogP contribution in [0.5, 0.6) is 5.75 Å². The first kappa shape index (κ1) is 26.4. The number of ether oxygens (including phenoxy) is 1. The van der Waals surface area contributed by atoms with Crippen LogP contribution in [0.25, 0.3) is 28.0 Å². The van der Waals surface area contributed by atoms with Gasteiger partial charge in [-0.1, -0.05) is 30.7 Å². The second kappa shape index (κ2) is 10.6. The van der Waals surface area contributed by atoms with Gasteiger partial charge >= 0.3 is 6.18 Å². The number of methoxy groups -OCH3 is 1. The predicted molar refractivity (Wildman–Crippen MR) is 147 cm³/mol. The van der Waals surface area contributed by atoms with Crippen molar-refractivity contribution in [3.63, 3.8) is 0 Å². The summed E-state index contributed by atoms with van der Waals surface area (Å²) in [6.07, 6.45) is 0.591. The number of aromatic nitrogens is 2. The standard InChI is InChI=1S/C31H31F3N4O2/c1-40-26-10-4-8-23(18-26)29-27(20-36-13-15-37(16-14-36)30(39)21-5-2-6-21)38-19-24(11-12-28(38)35-29)22-7-3-9-25(17-22)31(32,33)34/h3-4,7-12,17-19,21H,2,5-6,13-16,20H2,1H3. The quantitative estimate of drug-likeness (QED) is 0.291. The minimum absolute atomic E-state index is 0.194. The molecule has 40 heavy (non-hydrogen) atoms. The molecule has 1 aliphatic heterocycles. The topological polar surface area (TPSA) is 50.1 Å². The molecule has 2 aliphatic rings. The van der Waals surface area contributed by atoms with Gasteiger partial charge < -0.3 is 14.0 Å². The SMILES string of the molecule is COc1cccc(-c2nc3ccc(-c4cccc(C(F)(F)F)c4)cn3c2CN2CCN(C(=O)C3CCC3)CC2)c1. The zero-order valence-corrected chi connectivity index (χ0v) is 22.3. The van der Waals surface area contributed by atoms with Crippen LogP contribution in [0.3, 0.4) is 0 Å². The van der Waals surface area contributed by atoms with Crippen LogP contribution in [-0.4, -0.2) is 58.4 Å². The normalized spacial score (nSPS) is 16.8. The lowest BCUT2D eigenvalue weighted by Gasteiger charge is -2.38. The van der Waals surface area contributed by atoms with Crippen LogP contribution in [0, 0.1) is 5.92 Å². The van der Waals surface area contributed by atoms with Gasteiger partial charge in [-0.15, -0.1) is 0 Å². The maximum atomic E-state index is 13.4. The third-order valence-electron chi connectivity index (χ3n) is 8.10. The monoisotopic (exact) mass is 548 g/mol. The number of alkyl halides is 3. The first-order chi connectivity index (χ1) is 19.3. The molecule has 3 heterocycles. The van der Waals surface area contributed by atoms with E-state index in [1.807, 2.05) is 51.9 Å².